The maximum absolute atomic E-state index is 11.5. The van der Waals surface area contributed by atoms with Crippen LogP contribution in [0.15, 0.2) is 4.99 Å². The summed E-state index contributed by atoms with van der Waals surface area (Å²) in [6.45, 7) is 2.46. The quantitative estimate of drug-likeness (QED) is 0.569. The van der Waals surface area contributed by atoms with E-state index in [1.165, 1.54) is 13.8 Å². The van der Waals surface area contributed by atoms with Gasteiger partial charge in [-0.1, -0.05) is 0 Å². The molecule has 0 aliphatic carbocycles. The number of hydrogen-bond donors (Lipinski definition) is 1. The Balaban J connectivity index is 2.99. The molecule has 0 bridgehead atoms. The van der Waals surface area contributed by atoms with Gasteiger partial charge < -0.3 is 5.32 Å². The van der Waals surface area contributed by atoms with Crippen molar-refractivity contribution in [3.8, 4) is 6.07 Å². The Hall–Kier alpha value is -2.03. The van der Waals surface area contributed by atoms with Gasteiger partial charge in [-0.25, -0.2) is 0 Å². The lowest BCUT2D eigenvalue weighted by molar-refractivity contribution is -0.127. The lowest BCUT2D eigenvalue weighted by Crippen LogP contribution is -2.34. The number of carbonyl (C=O) groups is 3. The van der Waals surface area contributed by atoms with E-state index in [4.69, 9.17) is 5.26 Å². The number of Topliss-reactive ketones (excluding diaryl/α,β-unsaturated/α-hetero) is 2. The average Bonchev–Trinajstić information content (AvgIpc) is 2.41. The van der Waals surface area contributed by atoms with Crippen LogP contribution in [0, 0.1) is 17.2 Å². The third-order valence-electron chi connectivity index (χ3n) is 1.91. The minimum atomic E-state index is -1.14. The van der Waals surface area contributed by atoms with Crippen LogP contribution >= 0.6 is 0 Å². The van der Waals surface area contributed by atoms with Crippen molar-refractivity contribution in [2.75, 3.05) is 0 Å². The second-order valence-electron chi connectivity index (χ2n) is 3.17. The highest BCUT2D eigenvalue weighted by molar-refractivity contribution is 6.23. The number of rotatable bonds is 1. The van der Waals surface area contributed by atoms with Crippen LogP contribution in [0.25, 0.3) is 0 Å². The molecule has 0 fully saturated rings. The van der Waals surface area contributed by atoms with Gasteiger partial charge >= 0.3 is 0 Å². The van der Waals surface area contributed by atoms with Gasteiger partial charge in [-0.05, 0) is 6.92 Å². The molecule has 1 heterocycles. The van der Waals surface area contributed by atoms with Crippen LogP contribution in [-0.2, 0) is 14.4 Å². The minimum absolute atomic E-state index is 0.0322. The fourth-order valence-electron chi connectivity index (χ4n) is 1.27. The zero-order chi connectivity index (χ0) is 11.6. The first kappa shape index (κ1) is 11.0. The monoisotopic (exact) mass is 207 g/mol. The Morgan fingerprint density at radius 3 is 2.47 bits per heavy atom. The van der Waals surface area contributed by atoms with E-state index in [9.17, 15) is 14.4 Å². The maximum Gasteiger partial charge on any atom is 0.222 e. The standard InChI is InChI=1S/C9H9N3O3/c1-4(13)7-8(15)6(3-10)9(12-7)11-5(2)14/h6-7H,1-2H3,(H,11,12,14). The van der Waals surface area contributed by atoms with E-state index >= 15 is 0 Å². The molecule has 0 aromatic heterocycles. The molecule has 6 nitrogen and oxygen atoms in total. The minimum Gasteiger partial charge on any atom is -0.313 e. The Bertz CT molecular complexity index is 405. The molecule has 2 atom stereocenters. The molecule has 0 aromatic rings. The Morgan fingerprint density at radius 1 is 1.47 bits per heavy atom. The van der Waals surface area contributed by atoms with Gasteiger partial charge in [-0.15, -0.1) is 0 Å². The summed E-state index contributed by atoms with van der Waals surface area (Å²) in [7, 11) is 0. The van der Waals surface area contributed by atoms with Crippen LogP contribution in [0.5, 0.6) is 0 Å². The summed E-state index contributed by atoms with van der Waals surface area (Å²) in [6, 6.07) is 0.565. The summed E-state index contributed by atoms with van der Waals surface area (Å²) in [5, 5.41) is 11.0. The second-order valence-corrected chi connectivity index (χ2v) is 3.17. The predicted octanol–water partition coefficient (Wildman–Crippen LogP) is -0.799. The maximum atomic E-state index is 11.5. The molecule has 0 aromatic carbocycles. The topological polar surface area (TPSA) is 99.4 Å². The van der Waals surface area contributed by atoms with Gasteiger partial charge in [0.1, 0.15) is 5.84 Å². The SMILES string of the molecule is CC(=O)NC1=NC(C(C)=O)C(=O)C1C#N. The summed E-state index contributed by atoms with van der Waals surface area (Å²) < 4.78 is 0. The Kier molecular flexibility index (Phi) is 2.95. The number of nitrogens with zero attached hydrogens (tertiary/aromatic N) is 2. The summed E-state index contributed by atoms with van der Waals surface area (Å²) in [5.41, 5.74) is 0. The Labute approximate surface area is 86.0 Å². The highest BCUT2D eigenvalue weighted by Gasteiger charge is 2.40. The highest BCUT2D eigenvalue weighted by Crippen LogP contribution is 2.15. The van der Waals surface area contributed by atoms with Crippen LogP contribution in [-0.4, -0.2) is 29.4 Å². The number of nitriles is 1. The smallest absolute Gasteiger partial charge is 0.222 e. The van der Waals surface area contributed by atoms with Crippen LogP contribution in [0.1, 0.15) is 13.8 Å². The summed E-state index contributed by atoms with van der Waals surface area (Å²) in [5.74, 6) is -2.60. The van der Waals surface area contributed by atoms with Crippen molar-refractivity contribution < 1.29 is 14.4 Å². The van der Waals surface area contributed by atoms with E-state index in [1.807, 2.05) is 0 Å². The van der Waals surface area contributed by atoms with Crippen molar-refractivity contribution in [1.29, 1.82) is 5.26 Å². The normalized spacial score (nSPS) is 24.3. The number of hydrogen-bond acceptors (Lipinski definition) is 5. The summed E-state index contributed by atoms with van der Waals surface area (Å²) in [4.78, 5) is 36.9. The number of carbonyl (C=O) groups excluding carboxylic acids is 3. The fraction of sp³-hybridized carbons (Fsp3) is 0.444. The fourth-order valence-corrected chi connectivity index (χ4v) is 1.27. The third kappa shape index (κ3) is 2.07. The van der Waals surface area contributed by atoms with Crippen LogP contribution in [0.2, 0.25) is 0 Å². The van der Waals surface area contributed by atoms with Crippen molar-refractivity contribution >= 4 is 23.3 Å². The number of nitrogens with one attached hydrogen (secondary N) is 1. The first-order chi connectivity index (χ1) is 6.97. The molecule has 0 saturated carbocycles. The molecular formula is C9H9N3O3. The third-order valence-corrected chi connectivity index (χ3v) is 1.91. The number of amidine groups is 1. The number of ketones is 2. The molecule has 2 unspecified atom stereocenters. The summed E-state index contributed by atoms with van der Waals surface area (Å²) in [6.07, 6.45) is 0. The molecule has 0 spiro atoms. The van der Waals surface area contributed by atoms with Gasteiger partial charge in [0.15, 0.2) is 23.5 Å². The molecule has 0 saturated heterocycles. The molecule has 1 rings (SSSR count). The van der Waals surface area contributed by atoms with Crippen molar-refractivity contribution in [3.63, 3.8) is 0 Å². The van der Waals surface area contributed by atoms with Crippen molar-refractivity contribution in [2.45, 2.75) is 19.9 Å². The van der Waals surface area contributed by atoms with Crippen molar-refractivity contribution in [2.24, 2.45) is 10.9 Å². The average molecular weight is 207 g/mol. The van der Waals surface area contributed by atoms with Gasteiger partial charge in [0, 0.05) is 6.92 Å². The predicted molar refractivity (Wildman–Crippen MR) is 49.8 cm³/mol. The zero-order valence-electron chi connectivity index (χ0n) is 8.27. The molecular weight excluding hydrogens is 198 g/mol. The van der Waals surface area contributed by atoms with Gasteiger partial charge in [0.2, 0.25) is 5.91 Å². The lowest BCUT2D eigenvalue weighted by Gasteiger charge is -2.02. The Morgan fingerprint density at radius 2 is 2.07 bits per heavy atom. The van der Waals surface area contributed by atoms with Crippen LogP contribution in [0.3, 0.4) is 0 Å². The van der Waals surface area contributed by atoms with E-state index in [-0.39, 0.29) is 5.84 Å². The molecule has 0 radical (unpaired) electrons. The van der Waals surface area contributed by atoms with Crippen molar-refractivity contribution in [3.05, 3.63) is 0 Å². The van der Waals surface area contributed by atoms with Gasteiger partial charge in [-0.3, -0.25) is 19.4 Å². The van der Waals surface area contributed by atoms with E-state index in [0.29, 0.717) is 0 Å². The molecule has 1 N–H and O–H groups in total. The lowest BCUT2D eigenvalue weighted by atomic mass is 10.0. The van der Waals surface area contributed by atoms with E-state index in [2.05, 4.69) is 10.3 Å². The largest absolute Gasteiger partial charge is 0.313 e. The summed E-state index contributed by atoms with van der Waals surface area (Å²) >= 11 is 0. The molecule has 1 aliphatic heterocycles. The van der Waals surface area contributed by atoms with E-state index < -0.39 is 29.4 Å². The van der Waals surface area contributed by atoms with Gasteiger partial charge in [0.05, 0.1) is 6.07 Å². The molecule has 6 heteroatoms. The molecule has 15 heavy (non-hydrogen) atoms. The van der Waals surface area contributed by atoms with Gasteiger partial charge in [-0.2, -0.15) is 5.26 Å². The first-order valence-corrected chi connectivity index (χ1v) is 4.26. The first-order valence-electron chi connectivity index (χ1n) is 4.26. The molecule has 1 amide bonds. The molecule has 1 aliphatic rings. The van der Waals surface area contributed by atoms with Crippen LogP contribution in [0.4, 0.5) is 0 Å². The van der Waals surface area contributed by atoms with Crippen LogP contribution < -0.4 is 5.32 Å². The molecule has 78 valence electrons. The zero-order valence-corrected chi connectivity index (χ0v) is 8.27. The highest BCUT2D eigenvalue weighted by atomic mass is 16.2. The number of amides is 1. The van der Waals surface area contributed by atoms with Gasteiger partial charge in [0.25, 0.3) is 0 Å². The van der Waals surface area contributed by atoms with Crippen molar-refractivity contribution in [1.82, 2.24) is 5.32 Å². The number of aliphatic imine (C=N–C) groups is 1. The van der Waals surface area contributed by atoms with E-state index in [1.54, 1.807) is 6.07 Å². The second kappa shape index (κ2) is 4.00. The van der Waals surface area contributed by atoms with E-state index in [0.717, 1.165) is 0 Å².